The summed E-state index contributed by atoms with van der Waals surface area (Å²) in [5.41, 5.74) is 6.09. The van der Waals surface area contributed by atoms with Crippen LogP contribution in [-0.4, -0.2) is 37.0 Å². The number of primary amides is 1. The average molecular weight is 305 g/mol. The van der Waals surface area contributed by atoms with E-state index in [4.69, 9.17) is 10.5 Å². The lowest BCUT2D eigenvalue weighted by Crippen LogP contribution is -2.52. The molecule has 0 saturated heterocycles. The van der Waals surface area contributed by atoms with Gasteiger partial charge < -0.3 is 20.7 Å². The monoisotopic (exact) mass is 305 g/mol. The summed E-state index contributed by atoms with van der Waals surface area (Å²) in [5, 5.41) is 2.98. The Bertz CT molecular complexity index is 543. The predicted molar refractivity (Wildman–Crippen MR) is 84.8 cm³/mol. The highest BCUT2D eigenvalue weighted by molar-refractivity contribution is 5.85. The average Bonchev–Trinajstić information content (AvgIpc) is 2.51. The fourth-order valence-electron chi connectivity index (χ4n) is 2.57. The van der Waals surface area contributed by atoms with Crippen LogP contribution in [0, 0.1) is 0 Å². The molecule has 2 rings (SSSR count). The normalized spacial score (nSPS) is 16.9. The van der Waals surface area contributed by atoms with Crippen LogP contribution in [0.2, 0.25) is 0 Å². The Morgan fingerprint density at radius 3 is 2.68 bits per heavy atom. The number of nitrogens with two attached hydrogens (primary N) is 1. The smallest absolute Gasteiger partial charge is 0.263 e. The summed E-state index contributed by atoms with van der Waals surface area (Å²) in [6.07, 6.45) is 1.10. The molecule has 1 aromatic rings. The van der Waals surface area contributed by atoms with Crippen molar-refractivity contribution in [3.05, 3.63) is 24.3 Å². The van der Waals surface area contributed by atoms with Gasteiger partial charge in [-0.15, -0.1) is 0 Å². The van der Waals surface area contributed by atoms with Crippen molar-refractivity contribution in [1.82, 2.24) is 5.32 Å². The highest BCUT2D eigenvalue weighted by Gasteiger charge is 2.31. The van der Waals surface area contributed by atoms with Crippen LogP contribution in [0.4, 0.5) is 5.69 Å². The zero-order chi connectivity index (χ0) is 16.1. The molecule has 0 radical (unpaired) electrons. The van der Waals surface area contributed by atoms with E-state index in [2.05, 4.69) is 5.32 Å². The molecule has 0 unspecified atom stereocenters. The zero-order valence-corrected chi connectivity index (χ0v) is 13.0. The van der Waals surface area contributed by atoms with Crippen molar-refractivity contribution in [2.75, 3.05) is 18.0 Å². The van der Waals surface area contributed by atoms with E-state index in [0.717, 1.165) is 18.5 Å². The third-order valence-electron chi connectivity index (χ3n) is 3.83. The summed E-state index contributed by atoms with van der Waals surface area (Å²) >= 11 is 0. The summed E-state index contributed by atoms with van der Waals surface area (Å²) < 4.78 is 5.79. The van der Waals surface area contributed by atoms with Crippen LogP contribution in [0.1, 0.15) is 26.7 Å². The molecule has 1 aliphatic heterocycles. The summed E-state index contributed by atoms with van der Waals surface area (Å²) in [7, 11) is 0. The van der Waals surface area contributed by atoms with Crippen LogP contribution >= 0.6 is 0 Å². The number of para-hydroxylation sites is 2. The number of nitrogens with zero attached hydrogens (tertiary/aromatic N) is 1. The Hall–Kier alpha value is -2.24. The Labute approximate surface area is 130 Å². The van der Waals surface area contributed by atoms with Crippen molar-refractivity contribution < 1.29 is 14.3 Å². The maximum Gasteiger partial charge on any atom is 0.263 e. The van der Waals surface area contributed by atoms with E-state index in [1.807, 2.05) is 32.0 Å². The van der Waals surface area contributed by atoms with Gasteiger partial charge in [0.05, 0.1) is 18.8 Å². The Morgan fingerprint density at radius 1 is 1.36 bits per heavy atom. The van der Waals surface area contributed by atoms with Gasteiger partial charge in [-0.25, -0.2) is 0 Å². The molecule has 120 valence electrons. The minimum absolute atomic E-state index is 0.0646. The highest BCUT2D eigenvalue weighted by Crippen LogP contribution is 2.32. The number of amides is 2. The molecule has 0 fully saturated rings. The first-order valence-corrected chi connectivity index (χ1v) is 7.64. The first-order chi connectivity index (χ1) is 10.5. The number of hydrogen-bond acceptors (Lipinski definition) is 4. The van der Waals surface area contributed by atoms with Crippen molar-refractivity contribution in [1.29, 1.82) is 0 Å². The minimum Gasteiger partial charge on any atom is -0.477 e. The van der Waals surface area contributed by atoms with E-state index < -0.39 is 12.0 Å². The van der Waals surface area contributed by atoms with Gasteiger partial charge in [0.1, 0.15) is 5.75 Å². The van der Waals surface area contributed by atoms with Gasteiger partial charge in [-0.3, -0.25) is 9.59 Å². The second-order valence-electron chi connectivity index (χ2n) is 5.44. The van der Waals surface area contributed by atoms with Gasteiger partial charge in [-0.1, -0.05) is 26.0 Å². The second kappa shape index (κ2) is 7.15. The second-order valence-corrected chi connectivity index (χ2v) is 5.44. The molecule has 1 atom stereocenters. The van der Waals surface area contributed by atoms with Crippen molar-refractivity contribution in [2.24, 2.45) is 5.73 Å². The third-order valence-corrected chi connectivity index (χ3v) is 3.83. The molecule has 0 saturated carbocycles. The number of benzene rings is 1. The first kappa shape index (κ1) is 16.1. The number of ether oxygens (including phenoxy) is 1. The number of anilines is 1. The van der Waals surface area contributed by atoms with Crippen LogP contribution in [0.15, 0.2) is 24.3 Å². The Kier molecular flexibility index (Phi) is 5.25. The largest absolute Gasteiger partial charge is 0.477 e. The van der Waals surface area contributed by atoms with Crippen LogP contribution in [0.25, 0.3) is 0 Å². The van der Waals surface area contributed by atoms with Gasteiger partial charge in [-0.05, 0) is 25.0 Å². The quantitative estimate of drug-likeness (QED) is 0.822. The van der Waals surface area contributed by atoms with Crippen molar-refractivity contribution >= 4 is 17.5 Å². The van der Waals surface area contributed by atoms with E-state index >= 15 is 0 Å². The van der Waals surface area contributed by atoms with E-state index in [-0.39, 0.29) is 18.5 Å². The molecule has 0 aromatic heterocycles. The molecule has 0 aliphatic carbocycles. The number of fused-ring (bicyclic) bond motifs is 1. The van der Waals surface area contributed by atoms with Crippen molar-refractivity contribution in [2.45, 2.75) is 38.8 Å². The minimum atomic E-state index is -0.644. The predicted octanol–water partition coefficient (Wildman–Crippen LogP) is 1.04. The third kappa shape index (κ3) is 3.69. The Balaban J connectivity index is 2.15. The number of nitrogens with one attached hydrogen (secondary N) is 1. The maximum absolute atomic E-state index is 12.4. The standard InChI is InChI=1S/C16H23N3O3/c1-3-11(4-2)18-16(21)14-9-19(10-15(17)20)12-7-5-6-8-13(12)22-14/h5-8,11,14H,3-4,9-10H2,1-2H3,(H2,17,20)(H,18,21)/t14-/m0/s1. The molecule has 0 spiro atoms. The van der Waals surface area contributed by atoms with E-state index in [1.54, 1.807) is 11.0 Å². The van der Waals surface area contributed by atoms with E-state index in [1.165, 1.54) is 0 Å². The van der Waals surface area contributed by atoms with Crippen LogP contribution < -0.4 is 20.7 Å². The molecule has 3 N–H and O–H groups in total. The summed E-state index contributed by atoms with van der Waals surface area (Å²) in [4.78, 5) is 25.4. The fourth-order valence-corrected chi connectivity index (χ4v) is 2.57. The lowest BCUT2D eigenvalue weighted by molar-refractivity contribution is -0.129. The molecular weight excluding hydrogens is 282 g/mol. The van der Waals surface area contributed by atoms with Gasteiger partial charge in [-0.2, -0.15) is 0 Å². The van der Waals surface area contributed by atoms with Crippen LogP contribution in [0.5, 0.6) is 5.75 Å². The van der Waals surface area contributed by atoms with Gasteiger partial charge in [0.2, 0.25) is 5.91 Å². The van der Waals surface area contributed by atoms with Gasteiger partial charge >= 0.3 is 0 Å². The lowest BCUT2D eigenvalue weighted by Gasteiger charge is -2.35. The molecule has 6 heteroatoms. The van der Waals surface area contributed by atoms with E-state index in [0.29, 0.717) is 12.3 Å². The van der Waals surface area contributed by atoms with Crippen LogP contribution in [0.3, 0.4) is 0 Å². The fraction of sp³-hybridized carbons (Fsp3) is 0.500. The first-order valence-electron chi connectivity index (χ1n) is 7.64. The van der Waals surface area contributed by atoms with Gasteiger partial charge in [0.25, 0.3) is 5.91 Å². The molecule has 6 nitrogen and oxygen atoms in total. The van der Waals surface area contributed by atoms with Crippen LogP contribution in [-0.2, 0) is 9.59 Å². The molecule has 1 heterocycles. The van der Waals surface area contributed by atoms with Crippen molar-refractivity contribution in [3.8, 4) is 5.75 Å². The maximum atomic E-state index is 12.4. The zero-order valence-electron chi connectivity index (χ0n) is 13.0. The number of rotatable bonds is 6. The lowest BCUT2D eigenvalue weighted by atomic mass is 10.1. The Morgan fingerprint density at radius 2 is 2.05 bits per heavy atom. The topological polar surface area (TPSA) is 84.7 Å². The molecule has 2 amide bonds. The molecule has 0 bridgehead atoms. The van der Waals surface area contributed by atoms with E-state index in [9.17, 15) is 9.59 Å². The highest BCUT2D eigenvalue weighted by atomic mass is 16.5. The number of carbonyl (C=O) groups is 2. The molecule has 1 aromatic carbocycles. The molecule has 1 aliphatic rings. The summed E-state index contributed by atoms with van der Waals surface area (Å²) in [6, 6.07) is 7.48. The summed E-state index contributed by atoms with van der Waals surface area (Å²) in [6.45, 7) is 4.44. The van der Waals surface area contributed by atoms with Crippen molar-refractivity contribution in [3.63, 3.8) is 0 Å². The van der Waals surface area contributed by atoms with Gasteiger partial charge in [0, 0.05) is 6.04 Å². The SMILES string of the molecule is CCC(CC)NC(=O)[C@@H]1CN(CC(N)=O)c2ccccc2O1. The summed E-state index contributed by atoms with van der Waals surface area (Å²) in [5.74, 6) is 0.00762. The molecule has 22 heavy (non-hydrogen) atoms. The number of hydrogen-bond donors (Lipinski definition) is 2. The number of carbonyl (C=O) groups excluding carboxylic acids is 2. The van der Waals surface area contributed by atoms with Gasteiger partial charge in [0.15, 0.2) is 6.10 Å². The molecular formula is C16H23N3O3.